The number of nitrogens with two attached hydrogens (primary N) is 1. The van der Waals surface area contributed by atoms with Crippen molar-refractivity contribution in [1.82, 2.24) is 4.98 Å². The van der Waals surface area contributed by atoms with Crippen LogP contribution in [0.5, 0.6) is 0 Å². The Morgan fingerprint density at radius 1 is 1.12 bits per heavy atom. The second-order valence-electron chi connectivity index (χ2n) is 4.20. The molecule has 0 radical (unpaired) electrons. The van der Waals surface area contributed by atoms with E-state index in [2.05, 4.69) is 40.2 Å². The molecule has 2 N–H and O–H groups in total. The van der Waals surface area contributed by atoms with Gasteiger partial charge in [-0.2, -0.15) is 0 Å². The summed E-state index contributed by atoms with van der Waals surface area (Å²) in [5, 5.41) is 0. The van der Waals surface area contributed by atoms with E-state index in [1.54, 1.807) is 6.20 Å². The smallest absolute Gasteiger partial charge is 0.0775 e. The Bertz CT molecular complexity index is 536. The Hall–Kier alpha value is -1.87. The van der Waals surface area contributed by atoms with Gasteiger partial charge in [0.15, 0.2) is 0 Å². The van der Waals surface area contributed by atoms with Gasteiger partial charge in [0, 0.05) is 25.0 Å². The highest BCUT2D eigenvalue weighted by Crippen LogP contribution is 2.35. The van der Waals surface area contributed by atoms with Crippen molar-refractivity contribution >= 4 is 11.4 Å². The lowest BCUT2D eigenvalue weighted by atomic mass is 10.2. The van der Waals surface area contributed by atoms with Crippen LogP contribution in [0, 0.1) is 0 Å². The predicted octanol–water partition coefficient (Wildman–Crippen LogP) is 2.23. The highest BCUT2D eigenvalue weighted by Gasteiger charge is 2.21. The van der Waals surface area contributed by atoms with E-state index in [4.69, 9.17) is 5.73 Å². The Morgan fingerprint density at radius 2 is 1.94 bits per heavy atom. The van der Waals surface area contributed by atoms with Crippen LogP contribution in [0.3, 0.4) is 0 Å². The lowest BCUT2D eigenvalue weighted by Gasteiger charge is -2.21. The maximum absolute atomic E-state index is 5.75. The molecule has 0 unspecified atom stereocenters. The first-order valence-electron chi connectivity index (χ1n) is 5.89. The largest absolute Gasteiger partial charge is 0.339 e. The Balaban J connectivity index is 2.07. The molecular formula is C14H15N3. The van der Waals surface area contributed by atoms with Crippen LogP contribution in [0.25, 0.3) is 0 Å². The van der Waals surface area contributed by atoms with E-state index in [9.17, 15) is 0 Å². The van der Waals surface area contributed by atoms with Crippen molar-refractivity contribution in [3.05, 3.63) is 53.9 Å². The number of pyridine rings is 1. The topological polar surface area (TPSA) is 42.1 Å². The third kappa shape index (κ3) is 1.68. The first kappa shape index (κ1) is 10.3. The zero-order valence-electron chi connectivity index (χ0n) is 9.63. The molecule has 17 heavy (non-hydrogen) atoms. The normalized spacial score (nSPS) is 13.8. The molecular weight excluding hydrogens is 210 g/mol. The lowest BCUT2D eigenvalue weighted by molar-refractivity contribution is 0.937. The van der Waals surface area contributed by atoms with Gasteiger partial charge in [-0.15, -0.1) is 0 Å². The number of hydrogen-bond acceptors (Lipinski definition) is 3. The van der Waals surface area contributed by atoms with Gasteiger partial charge in [-0.3, -0.25) is 4.98 Å². The molecule has 1 aromatic carbocycles. The van der Waals surface area contributed by atoms with Crippen LogP contribution in [0.4, 0.5) is 11.4 Å². The minimum Gasteiger partial charge on any atom is -0.339 e. The molecule has 0 bridgehead atoms. The molecule has 1 aromatic heterocycles. The Labute approximate surface area is 101 Å². The number of para-hydroxylation sites is 1. The number of aromatic nitrogens is 1. The predicted molar refractivity (Wildman–Crippen MR) is 69.3 cm³/mol. The van der Waals surface area contributed by atoms with Gasteiger partial charge in [-0.05, 0) is 30.2 Å². The van der Waals surface area contributed by atoms with Crippen molar-refractivity contribution in [2.75, 3.05) is 11.4 Å². The van der Waals surface area contributed by atoms with Crippen molar-refractivity contribution < 1.29 is 0 Å². The quantitative estimate of drug-likeness (QED) is 0.852. The molecule has 1 aliphatic heterocycles. The monoisotopic (exact) mass is 225 g/mol. The third-order valence-corrected chi connectivity index (χ3v) is 3.24. The van der Waals surface area contributed by atoms with Gasteiger partial charge < -0.3 is 10.6 Å². The molecule has 0 saturated carbocycles. The first-order chi connectivity index (χ1) is 8.40. The zero-order chi connectivity index (χ0) is 11.7. The number of fused-ring (bicyclic) bond motifs is 1. The van der Waals surface area contributed by atoms with E-state index in [1.165, 1.54) is 11.3 Å². The average molecular weight is 225 g/mol. The van der Waals surface area contributed by atoms with Crippen LogP contribution in [-0.4, -0.2) is 11.5 Å². The summed E-state index contributed by atoms with van der Waals surface area (Å²) in [5.41, 5.74) is 10.5. The molecule has 3 rings (SSSR count). The number of benzene rings is 1. The standard InChI is InChI=1S/C14H15N3/c15-10-12-14(6-3-8-16-12)17-9-7-11-4-1-2-5-13(11)17/h1-6,8H,7,9-10,15H2. The summed E-state index contributed by atoms with van der Waals surface area (Å²) in [7, 11) is 0. The average Bonchev–Trinajstić information content (AvgIpc) is 2.82. The van der Waals surface area contributed by atoms with Crippen LogP contribution in [0.1, 0.15) is 11.3 Å². The summed E-state index contributed by atoms with van der Waals surface area (Å²) in [6, 6.07) is 12.6. The van der Waals surface area contributed by atoms with Crippen LogP contribution in [0.2, 0.25) is 0 Å². The fourth-order valence-electron chi connectivity index (χ4n) is 2.42. The molecule has 3 nitrogen and oxygen atoms in total. The maximum Gasteiger partial charge on any atom is 0.0775 e. The third-order valence-electron chi connectivity index (χ3n) is 3.24. The molecule has 0 aliphatic carbocycles. The summed E-state index contributed by atoms with van der Waals surface area (Å²) in [5.74, 6) is 0. The van der Waals surface area contributed by atoms with E-state index in [0.717, 1.165) is 24.3 Å². The van der Waals surface area contributed by atoms with E-state index in [-0.39, 0.29) is 0 Å². The second-order valence-corrected chi connectivity index (χ2v) is 4.20. The van der Waals surface area contributed by atoms with E-state index >= 15 is 0 Å². The van der Waals surface area contributed by atoms with Crippen LogP contribution < -0.4 is 10.6 Å². The van der Waals surface area contributed by atoms with Gasteiger partial charge in [0.25, 0.3) is 0 Å². The number of hydrogen-bond donors (Lipinski definition) is 1. The minimum atomic E-state index is 0.481. The molecule has 0 saturated heterocycles. The molecule has 0 atom stereocenters. The molecule has 2 heterocycles. The fraction of sp³-hybridized carbons (Fsp3) is 0.214. The number of rotatable bonds is 2. The van der Waals surface area contributed by atoms with Crippen LogP contribution in [0.15, 0.2) is 42.6 Å². The van der Waals surface area contributed by atoms with Crippen molar-refractivity contribution in [2.24, 2.45) is 5.73 Å². The minimum absolute atomic E-state index is 0.481. The van der Waals surface area contributed by atoms with Gasteiger partial charge in [0.2, 0.25) is 0 Å². The number of nitrogens with zero attached hydrogens (tertiary/aromatic N) is 2. The highest BCUT2D eigenvalue weighted by atomic mass is 15.2. The lowest BCUT2D eigenvalue weighted by Crippen LogP contribution is -2.17. The van der Waals surface area contributed by atoms with Crippen molar-refractivity contribution in [3.63, 3.8) is 0 Å². The van der Waals surface area contributed by atoms with Gasteiger partial charge >= 0.3 is 0 Å². The van der Waals surface area contributed by atoms with Gasteiger partial charge in [0.1, 0.15) is 0 Å². The molecule has 3 heteroatoms. The highest BCUT2D eigenvalue weighted by molar-refractivity contribution is 5.71. The summed E-state index contributed by atoms with van der Waals surface area (Å²) in [4.78, 5) is 6.66. The second kappa shape index (κ2) is 4.18. The van der Waals surface area contributed by atoms with E-state index in [0.29, 0.717) is 6.54 Å². The van der Waals surface area contributed by atoms with E-state index in [1.807, 2.05) is 6.07 Å². The summed E-state index contributed by atoms with van der Waals surface area (Å²) >= 11 is 0. The summed E-state index contributed by atoms with van der Waals surface area (Å²) < 4.78 is 0. The van der Waals surface area contributed by atoms with Gasteiger partial charge in [0.05, 0.1) is 11.4 Å². The molecule has 2 aromatic rings. The van der Waals surface area contributed by atoms with E-state index < -0.39 is 0 Å². The van der Waals surface area contributed by atoms with Crippen molar-refractivity contribution in [3.8, 4) is 0 Å². The molecule has 1 aliphatic rings. The number of anilines is 2. The SMILES string of the molecule is NCc1ncccc1N1CCc2ccccc21. The molecule has 0 fully saturated rings. The summed E-state index contributed by atoms with van der Waals surface area (Å²) in [6.45, 7) is 1.49. The van der Waals surface area contributed by atoms with Crippen LogP contribution in [-0.2, 0) is 13.0 Å². The van der Waals surface area contributed by atoms with Crippen molar-refractivity contribution in [1.29, 1.82) is 0 Å². The molecule has 0 spiro atoms. The van der Waals surface area contributed by atoms with Gasteiger partial charge in [-0.1, -0.05) is 18.2 Å². The maximum atomic E-state index is 5.75. The molecule has 0 amide bonds. The molecule has 86 valence electrons. The zero-order valence-corrected chi connectivity index (χ0v) is 9.63. The first-order valence-corrected chi connectivity index (χ1v) is 5.89. The van der Waals surface area contributed by atoms with Crippen LogP contribution >= 0.6 is 0 Å². The Morgan fingerprint density at radius 3 is 2.82 bits per heavy atom. The van der Waals surface area contributed by atoms with Gasteiger partial charge in [-0.25, -0.2) is 0 Å². The Kier molecular flexibility index (Phi) is 2.53. The fourth-order valence-corrected chi connectivity index (χ4v) is 2.42. The summed E-state index contributed by atoms with van der Waals surface area (Å²) in [6.07, 6.45) is 2.89. The van der Waals surface area contributed by atoms with Crippen molar-refractivity contribution in [2.45, 2.75) is 13.0 Å².